The summed E-state index contributed by atoms with van der Waals surface area (Å²) in [5.74, 6) is 0.0127. The summed E-state index contributed by atoms with van der Waals surface area (Å²) in [4.78, 5) is 13.9. The average Bonchev–Trinajstić information content (AvgIpc) is 2.44. The Kier molecular flexibility index (Phi) is 3.63. The van der Waals surface area contributed by atoms with Gasteiger partial charge in [0.2, 0.25) is 0 Å². The summed E-state index contributed by atoms with van der Waals surface area (Å²) in [5, 5.41) is 2.22. The average molecular weight is 242 g/mol. The minimum atomic E-state index is 0.0127. The van der Waals surface area contributed by atoms with E-state index in [4.69, 9.17) is 5.73 Å². The number of carbonyl (C=O) groups excluding carboxylic acids is 1. The molecular weight excluding hydrogens is 224 g/mol. The lowest BCUT2D eigenvalue weighted by molar-refractivity contribution is 0.0748. The molecule has 2 N–H and O–H groups in total. The van der Waals surface area contributed by atoms with Crippen molar-refractivity contribution in [3.05, 3.63) is 48.0 Å². The molecule has 0 heterocycles. The summed E-state index contributed by atoms with van der Waals surface area (Å²) in [6, 6.07) is 13.8. The van der Waals surface area contributed by atoms with Crippen LogP contribution in [0.2, 0.25) is 0 Å². The van der Waals surface area contributed by atoms with Gasteiger partial charge in [-0.05, 0) is 29.8 Å². The molecule has 3 heteroatoms. The van der Waals surface area contributed by atoms with E-state index >= 15 is 0 Å². The smallest absolute Gasteiger partial charge is 0.253 e. The maximum absolute atomic E-state index is 12.3. The number of hydrogen-bond acceptors (Lipinski definition) is 2. The van der Waals surface area contributed by atoms with E-state index in [0.29, 0.717) is 12.1 Å². The highest BCUT2D eigenvalue weighted by atomic mass is 16.2. The lowest BCUT2D eigenvalue weighted by Crippen LogP contribution is -2.39. The van der Waals surface area contributed by atoms with E-state index in [2.05, 4.69) is 0 Å². The first-order valence-electron chi connectivity index (χ1n) is 6.09. The zero-order chi connectivity index (χ0) is 13.1. The quantitative estimate of drug-likeness (QED) is 0.897. The highest BCUT2D eigenvalue weighted by Gasteiger charge is 2.16. The summed E-state index contributed by atoms with van der Waals surface area (Å²) < 4.78 is 0. The van der Waals surface area contributed by atoms with Crippen LogP contribution in [-0.4, -0.2) is 30.4 Å². The standard InChI is InChI=1S/C15H18N2O/c1-11(10-16)17(2)15(18)14-8-7-12-5-3-4-6-13(12)9-14/h3-9,11H,10,16H2,1-2H3/t11-/m1/s1. The van der Waals surface area contributed by atoms with E-state index in [-0.39, 0.29) is 11.9 Å². The van der Waals surface area contributed by atoms with Crippen molar-refractivity contribution in [2.24, 2.45) is 5.73 Å². The summed E-state index contributed by atoms with van der Waals surface area (Å²) >= 11 is 0. The summed E-state index contributed by atoms with van der Waals surface area (Å²) in [5.41, 5.74) is 6.29. The number of hydrogen-bond donors (Lipinski definition) is 1. The van der Waals surface area contributed by atoms with Crippen molar-refractivity contribution in [2.45, 2.75) is 13.0 Å². The number of benzene rings is 2. The second-order valence-corrected chi connectivity index (χ2v) is 4.56. The lowest BCUT2D eigenvalue weighted by Gasteiger charge is -2.23. The normalized spacial score (nSPS) is 12.4. The molecule has 2 aromatic carbocycles. The fourth-order valence-electron chi connectivity index (χ4n) is 1.88. The Hall–Kier alpha value is -1.87. The van der Waals surface area contributed by atoms with E-state index < -0.39 is 0 Å². The van der Waals surface area contributed by atoms with Gasteiger partial charge in [0.15, 0.2) is 0 Å². The third-order valence-electron chi connectivity index (χ3n) is 3.32. The molecule has 0 aliphatic heterocycles. The number of nitrogens with zero attached hydrogens (tertiary/aromatic N) is 1. The minimum absolute atomic E-state index is 0.0127. The summed E-state index contributed by atoms with van der Waals surface area (Å²) in [6.45, 7) is 2.41. The Morgan fingerprint density at radius 3 is 2.56 bits per heavy atom. The first-order chi connectivity index (χ1) is 8.63. The number of nitrogens with two attached hydrogens (primary N) is 1. The first-order valence-corrected chi connectivity index (χ1v) is 6.09. The Balaban J connectivity index is 2.33. The maximum Gasteiger partial charge on any atom is 0.253 e. The molecule has 18 heavy (non-hydrogen) atoms. The zero-order valence-electron chi connectivity index (χ0n) is 10.8. The fourth-order valence-corrected chi connectivity index (χ4v) is 1.88. The van der Waals surface area contributed by atoms with Crippen molar-refractivity contribution in [3.8, 4) is 0 Å². The number of amides is 1. The Labute approximate surface area is 107 Å². The highest BCUT2D eigenvalue weighted by molar-refractivity contribution is 5.98. The molecule has 0 spiro atoms. The number of likely N-dealkylation sites (N-methyl/N-ethyl adjacent to an activating group) is 1. The van der Waals surface area contributed by atoms with Gasteiger partial charge in [-0.3, -0.25) is 4.79 Å². The Bertz CT molecular complexity index is 565. The molecular formula is C15H18N2O. The molecule has 94 valence electrons. The number of fused-ring (bicyclic) bond motifs is 1. The second kappa shape index (κ2) is 5.19. The van der Waals surface area contributed by atoms with Crippen LogP contribution >= 0.6 is 0 Å². The van der Waals surface area contributed by atoms with Gasteiger partial charge in [-0.15, -0.1) is 0 Å². The van der Waals surface area contributed by atoms with Gasteiger partial charge < -0.3 is 10.6 Å². The van der Waals surface area contributed by atoms with Crippen LogP contribution in [0.5, 0.6) is 0 Å². The monoisotopic (exact) mass is 242 g/mol. The maximum atomic E-state index is 12.3. The lowest BCUT2D eigenvalue weighted by atomic mass is 10.1. The van der Waals surface area contributed by atoms with Crippen LogP contribution in [0.1, 0.15) is 17.3 Å². The fraction of sp³-hybridized carbons (Fsp3) is 0.267. The van der Waals surface area contributed by atoms with Gasteiger partial charge in [0.25, 0.3) is 5.91 Å². The third-order valence-corrected chi connectivity index (χ3v) is 3.32. The van der Waals surface area contributed by atoms with E-state index in [9.17, 15) is 4.79 Å². The van der Waals surface area contributed by atoms with Gasteiger partial charge in [-0.25, -0.2) is 0 Å². The van der Waals surface area contributed by atoms with Crippen LogP contribution in [0.3, 0.4) is 0 Å². The van der Waals surface area contributed by atoms with Crippen LogP contribution in [0, 0.1) is 0 Å². The highest BCUT2D eigenvalue weighted by Crippen LogP contribution is 2.17. The molecule has 0 saturated heterocycles. The van der Waals surface area contributed by atoms with Gasteiger partial charge in [0, 0.05) is 25.2 Å². The second-order valence-electron chi connectivity index (χ2n) is 4.56. The van der Waals surface area contributed by atoms with E-state index in [1.165, 1.54) is 0 Å². The molecule has 0 aliphatic rings. The van der Waals surface area contributed by atoms with Crippen LogP contribution < -0.4 is 5.73 Å². The predicted molar refractivity (Wildman–Crippen MR) is 74.6 cm³/mol. The van der Waals surface area contributed by atoms with Gasteiger partial charge in [-0.1, -0.05) is 30.3 Å². The molecule has 2 aromatic rings. The molecule has 0 fully saturated rings. The molecule has 0 unspecified atom stereocenters. The van der Waals surface area contributed by atoms with Crippen LogP contribution in [0.25, 0.3) is 10.8 Å². The topological polar surface area (TPSA) is 46.3 Å². The molecule has 1 amide bonds. The molecule has 0 radical (unpaired) electrons. The zero-order valence-corrected chi connectivity index (χ0v) is 10.8. The Morgan fingerprint density at radius 2 is 1.89 bits per heavy atom. The molecule has 1 atom stereocenters. The molecule has 0 saturated carbocycles. The molecule has 3 nitrogen and oxygen atoms in total. The van der Waals surface area contributed by atoms with Gasteiger partial charge in [-0.2, -0.15) is 0 Å². The van der Waals surface area contributed by atoms with Crippen molar-refractivity contribution in [2.75, 3.05) is 13.6 Å². The van der Waals surface area contributed by atoms with E-state index in [1.807, 2.05) is 49.4 Å². The first kappa shape index (κ1) is 12.6. The number of carbonyl (C=O) groups is 1. The molecule has 2 rings (SSSR count). The van der Waals surface area contributed by atoms with Gasteiger partial charge in [0.05, 0.1) is 0 Å². The minimum Gasteiger partial charge on any atom is -0.338 e. The van der Waals surface area contributed by atoms with Crippen LogP contribution in [-0.2, 0) is 0 Å². The van der Waals surface area contributed by atoms with Crippen molar-refractivity contribution < 1.29 is 4.79 Å². The van der Waals surface area contributed by atoms with Crippen LogP contribution in [0.4, 0.5) is 0 Å². The van der Waals surface area contributed by atoms with E-state index in [0.717, 1.165) is 10.8 Å². The largest absolute Gasteiger partial charge is 0.338 e. The summed E-state index contributed by atoms with van der Waals surface area (Å²) in [7, 11) is 1.79. The summed E-state index contributed by atoms with van der Waals surface area (Å²) in [6.07, 6.45) is 0. The Morgan fingerprint density at radius 1 is 1.22 bits per heavy atom. The predicted octanol–water partition coefficient (Wildman–Crippen LogP) is 2.26. The van der Waals surface area contributed by atoms with Crippen molar-refractivity contribution in [1.29, 1.82) is 0 Å². The molecule has 0 bridgehead atoms. The van der Waals surface area contributed by atoms with Gasteiger partial charge in [0.1, 0.15) is 0 Å². The number of rotatable bonds is 3. The van der Waals surface area contributed by atoms with Gasteiger partial charge >= 0.3 is 0 Å². The van der Waals surface area contributed by atoms with Crippen LogP contribution in [0.15, 0.2) is 42.5 Å². The SMILES string of the molecule is C[C@H](CN)N(C)C(=O)c1ccc2ccccc2c1. The van der Waals surface area contributed by atoms with Crippen molar-refractivity contribution >= 4 is 16.7 Å². The van der Waals surface area contributed by atoms with E-state index in [1.54, 1.807) is 11.9 Å². The van der Waals surface area contributed by atoms with Crippen molar-refractivity contribution in [1.82, 2.24) is 4.90 Å². The van der Waals surface area contributed by atoms with Crippen molar-refractivity contribution in [3.63, 3.8) is 0 Å². The molecule has 0 aromatic heterocycles. The third kappa shape index (κ3) is 2.36. The molecule has 0 aliphatic carbocycles.